The minimum absolute atomic E-state index is 0.133. The monoisotopic (exact) mass is 509 g/mol. The molecule has 3 aliphatic rings. The number of likely N-dealkylation sites (tertiary alicyclic amines) is 2. The largest absolute Gasteiger partial charge is 0.493 e. The molecule has 0 radical (unpaired) electrons. The maximum atomic E-state index is 13.0. The maximum absolute atomic E-state index is 13.0. The SMILES string of the molecule is COc1cc2c(cc1OC)CN(C1CCN(C(=O)[C@@H]3CN(C)CC[C@H]3O)CC1)CC2.O=CO.O=CO. The molecular weight excluding hydrogens is 470 g/mol. The maximum Gasteiger partial charge on any atom is 0.290 e. The zero-order chi connectivity index (χ0) is 26.7. The normalized spacial score (nSPS) is 22.6. The second-order valence-corrected chi connectivity index (χ2v) is 9.19. The van der Waals surface area contributed by atoms with Gasteiger partial charge < -0.3 is 34.6 Å². The Morgan fingerprint density at radius 2 is 1.50 bits per heavy atom. The number of fused-ring (bicyclic) bond motifs is 1. The molecule has 0 bridgehead atoms. The molecule has 1 aromatic rings. The molecule has 4 rings (SSSR count). The first-order chi connectivity index (χ1) is 17.3. The van der Waals surface area contributed by atoms with Gasteiger partial charge in [-0.2, -0.15) is 0 Å². The second-order valence-electron chi connectivity index (χ2n) is 9.19. The smallest absolute Gasteiger partial charge is 0.290 e. The van der Waals surface area contributed by atoms with Gasteiger partial charge in [-0.05, 0) is 56.0 Å². The number of carboxylic acid groups (broad SMARTS) is 2. The zero-order valence-electron chi connectivity index (χ0n) is 21.3. The van der Waals surface area contributed by atoms with Crippen LogP contribution in [0.5, 0.6) is 11.5 Å². The van der Waals surface area contributed by atoms with E-state index in [9.17, 15) is 9.90 Å². The summed E-state index contributed by atoms with van der Waals surface area (Å²) >= 11 is 0. The molecule has 0 aromatic heterocycles. The average Bonchev–Trinajstić information content (AvgIpc) is 2.89. The molecule has 11 heteroatoms. The number of amides is 1. The van der Waals surface area contributed by atoms with Gasteiger partial charge in [0.25, 0.3) is 12.9 Å². The highest BCUT2D eigenvalue weighted by atomic mass is 16.5. The van der Waals surface area contributed by atoms with Gasteiger partial charge in [-0.1, -0.05) is 0 Å². The van der Waals surface area contributed by atoms with Crippen LogP contribution in [0.15, 0.2) is 12.1 Å². The van der Waals surface area contributed by atoms with Crippen molar-refractivity contribution in [1.29, 1.82) is 0 Å². The number of carbonyl (C=O) groups excluding carboxylic acids is 1. The first-order valence-corrected chi connectivity index (χ1v) is 12.1. The topological polar surface area (TPSA) is 140 Å². The Hall–Kier alpha value is -2.89. The molecule has 0 aliphatic carbocycles. The van der Waals surface area contributed by atoms with Crippen molar-refractivity contribution < 1.29 is 39.2 Å². The van der Waals surface area contributed by atoms with Crippen molar-refractivity contribution in [2.75, 3.05) is 54.0 Å². The summed E-state index contributed by atoms with van der Waals surface area (Å²) in [5.41, 5.74) is 2.65. The molecule has 202 valence electrons. The molecule has 11 nitrogen and oxygen atoms in total. The Morgan fingerprint density at radius 1 is 0.944 bits per heavy atom. The fraction of sp³-hybridized carbons (Fsp3) is 0.640. The predicted molar refractivity (Wildman–Crippen MR) is 132 cm³/mol. The zero-order valence-corrected chi connectivity index (χ0v) is 21.3. The summed E-state index contributed by atoms with van der Waals surface area (Å²) in [6.07, 6.45) is 3.18. The molecule has 0 spiro atoms. The van der Waals surface area contributed by atoms with E-state index in [1.165, 1.54) is 11.1 Å². The predicted octanol–water partition coefficient (Wildman–Crippen LogP) is 0.767. The van der Waals surface area contributed by atoms with E-state index in [0.29, 0.717) is 19.0 Å². The number of benzene rings is 1. The molecule has 2 saturated heterocycles. The Morgan fingerprint density at radius 3 is 2.06 bits per heavy atom. The van der Waals surface area contributed by atoms with Gasteiger partial charge in [-0.25, -0.2) is 0 Å². The van der Waals surface area contributed by atoms with Crippen molar-refractivity contribution in [3.8, 4) is 11.5 Å². The van der Waals surface area contributed by atoms with Crippen LogP contribution in [0.25, 0.3) is 0 Å². The van der Waals surface area contributed by atoms with Gasteiger partial charge in [0.1, 0.15) is 0 Å². The van der Waals surface area contributed by atoms with E-state index in [2.05, 4.69) is 21.9 Å². The standard InChI is InChI=1S/C23H35N3O4.2CH2O2/c1-24-8-7-20(27)19(15-24)23(28)25-10-5-18(6-11-25)26-9-4-16-12-21(29-2)22(30-3)13-17(16)14-26;2*2-1-3/h12-13,18-20,27H,4-11,14-15H2,1-3H3;2*1H,(H,2,3)/t19-,20-;;/m1../s1. The van der Waals surface area contributed by atoms with Gasteiger partial charge in [0.2, 0.25) is 5.91 Å². The van der Waals surface area contributed by atoms with Crippen LogP contribution in [-0.4, -0.2) is 115 Å². The summed E-state index contributed by atoms with van der Waals surface area (Å²) in [5.74, 6) is 1.44. The van der Waals surface area contributed by atoms with Crippen molar-refractivity contribution in [3.05, 3.63) is 23.3 Å². The number of nitrogens with zero attached hydrogens (tertiary/aromatic N) is 3. The molecule has 3 heterocycles. The Bertz CT molecular complexity index is 854. The summed E-state index contributed by atoms with van der Waals surface area (Å²) in [4.78, 5) is 36.4. The van der Waals surface area contributed by atoms with E-state index in [1.807, 2.05) is 11.9 Å². The van der Waals surface area contributed by atoms with Crippen molar-refractivity contribution in [3.63, 3.8) is 0 Å². The Kier molecular flexibility index (Phi) is 11.9. The highest BCUT2D eigenvalue weighted by Crippen LogP contribution is 2.34. The van der Waals surface area contributed by atoms with Crippen molar-refractivity contribution in [1.82, 2.24) is 14.7 Å². The van der Waals surface area contributed by atoms with Crippen LogP contribution >= 0.6 is 0 Å². The van der Waals surface area contributed by atoms with E-state index in [1.54, 1.807) is 14.2 Å². The molecule has 2 atom stereocenters. The third kappa shape index (κ3) is 7.55. The molecule has 1 aromatic carbocycles. The van der Waals surface area contributed by atoms with E-state index in [0.717, 1.165) is 63.5 Å². The number of aliphatic hydroxyl groups excluding tert-OH is 1. The lowest BCUT2D eigenvalue weighted by molar-refractivity contribution is -0.143. The minimum Gasteiger partial charge on any atom is -0.493 e. The number of piperidine rings is 2. The van der Waals surface area contributed by atoms with Gasteiger partial charge in [-0.3, -0.25) is 19.3 Å². The number of methoxy groups -OCH3 is 2. The van der Waals surface area contributed by atoms with Gasteiger partial charge in [0.05, 0.1) is 26.2 Å². The highest BCUT2D eigenvalue weighted by molar-refractivity contribution is 5.80. The van der Waals surface area contributed by atoms with Gasteiger partial charge in [0.15, 0.2) is 11.5 Å². The summed E-state index contributed by atoms with van der Waals surface area (Å²) in [6.45, 7) is 4.54. The van der Waals surface area contributed by atoms with Gasteiger partial charge in [0, 0.05) is 45.3 Å². The van der Waals surface area contributed by atoms with Crippen molar-refractivity contribution in [2.45, 2.75) is 44.4 Å². The van der Waals surface area contributed by atoms with Crippen LogP contribution in [0, 0.1) is 5.92 Å². The molecule has 36 heavy (non-hydrogen) atoms. The number of rotatable bonds is 4. The molecule has 1 amide bonds. The van der Waals surface area contributed by atoms with E-state index >= 15 is 0 Å². The third-order valence-electron chi connectivity index (χ3n) is 7.14. The van der Waals surface area contributed by atoms with E-state index in [4.69, 9.17) is 29.3 Å². The summed E-state index contributed by atoms with van der Waals surface area (Å²) < 4.78 is 10.9. The number of hydrogen-bond acceptors (Lipinski definition) is 8. The van der Waals surface area contributed by atoms with Crippen LogP contribution in [0.1, 0.15) is 30.4 Å². The number of carbonyl (C=O) groups is 3. The van der Waals surface area contributed by atoms with E-state index in [-0.39, 0.29) is 24.8 Å². The quantitative estimate of drug-likeness (QED) is 0.499. The summed E-state index contributed by atoms with van der Waals surface area (Å²) in [6, 6.07) is 4.72. The first-order valence-electron chi connectivity index (χ1n) is 12.1. The highest BCUT2D eigenvalue weighted by Gasteiger charge is 2.37. The number of aliphatic hydroxyl groups is 1. The lowest BCUT2D eigenvalue weighted by Gasteiger charge is -2.42. The number of ether oxygens (including phenoxy) is 2. The fourth-order valence-electron chi connectivity index (χ4n) is 5.25. The summed E-state index contributed by atoms with van der Waals surface area (Å²) in [5, 5.41) is 24.1. The Labute approximate surface area is 212 Å². The van der Waals surface area contributed by atoms with Crippen molar-refractivity contribution in [2.24, 2.45) is 5.92 Å². The molecule has 3 aliphatic heterocycles. The molecule has 0 saturated carbocycles. The molecule has 3 N–H and O–H groups in total. The van der Waals surface area contributed by atoms with Crippen molar-refractivity contribution >= 4 is 18.9 Å². The molecular formula is C25H39N3O8. The molecule has 0 unspecified atom stereocenters. The van der Waals surface area contributed by atoms with Gasteiger partial charge in [-0.15, -0.1) is 0 Å². The first kappa shape index (κ1) is 29.3. The fourth-order valence-corrected chi connectivity index (χ4v) is 5.25. The third-order valence-corrected chi connectivity index (χ3v) is 7.14. The molecule has 2 fully saturated rings. The lowest BCUT2D eigenvalue weighted by atomic mass is 9.91. The van der Waals surface area contributed by atoms with Gasteiger partial charge >= 0.3 is 0 Å². The van der Waals surface area contributed by atoms with Crippen LogP contribution in [0.3, 0.4) is 0 Å². The van der Waals surface area contributed by atoms with Crippen LogP contribution in [0.4, 0.5) is 0 Å². The van der Waals surface area contributed by atoms with Crippen LogP contribution in [-0.2, 0) is 27.3 Å². The lowest BCUT2D eigenvalue weighted by Crippen LogP contribution is -2.53. The average molecular weight is 510 g/mol. The van der Waals surface area contributed by atoms with Crippen LogP contribution < -0.4 is 9.47 Å². The summed E-state index contributed by atoms with van der Waals surface area (Å²) in [7, 11) is 5.38. The minimum atomic E-state index is -0.503. The van der Waals surface area contributed by atoms with E-state index < -0.39 is 6.10 Å². The second kappa shape index (κ2) is 14.6. The number of hydrogen-bond donors (Lipinski definition) is 3. The Balaban J connectivity index is 0.000000693. The van der Waals surface area contributed by atoms with Crippen LogP contribution in [0.2, 0.25) is 0 Å².